The van der Waals surface area contributed by atoms with Crippen molar-refractivity contribution in [1.29, 1.82) is 5.26 Å². The van der Waals surface area contributed by atoms with E-state index in [0.29, 0.717) is 41.2 Å². The second-order valence-corrected chi connectivity index (χ2v) is 19.6. The Morgan fingerprint density at radius 2 is 1.89 bits per heavy atom. The number of rotatable bonds is 9. The smallest absolute Gasteiger partial charge is 0.419 e. The molecule has 4 aromatic rings. The maximum absolute atomic E-state index is 13.4. The minimum Gasteiger partial charge on any atom is -0.496 e. The molecular weight excluding hydrogens is 588 g/mol. The van der Waals surface area contributed by atoms with Gasteiger partial charge >= 0.3 is 12.1 Å². The van der Waals surface area contributed by atoms with Gasteiger partial charge in [0.05, 0.1) is 53.7 Å². The largest absolute Gasteiger partial charge is 0.496 e. The van der Waals surface area contributed by atoms with Crippen molar-refractivity contribution in [2.75, 3.05) is 20.8 Å². The molecule has 1 aliphatic carbocycles. The van der Waals surface area contributed by atoms with Gasteiger partial charge in [0.15, 0.2) is 0 Å². The van der Waals surface area contributed by atoms with E-state index in [1.54, 1.807) is 25.4 Å². The average molecular weight is 631 g/mol. The summed E-state index contributed by atoms with van der Waals surface area (Å²) in [5, 5.41) is 10.5. The third kappa shape index (κ3) is 5.96. The van der Waals surface area contributed by atoms with Crippen molar-refractivity contribution >= 4 is 42.1 Å². The van der Waals surface area contributed by atoms with Gasteiger partial charge in [-0.15, -0.1) is 0 Å². The van der Waals surface area contributed by atoms with E-state index in [1.165, 1.54) is 11.7 Å². The van der Waals surface area contributed by atoms with Crippen LogP contribution in [0.1, 0.15) is 49.7 Å². The lowest BCUT2D eigenvalue weighted by Crippen LogP contribution is -2.27. The van der Waals surface area contributed by atoms with E-state index in [4.69, 9.17) is 23.9 Å². The SMILES string of the molecule is COC(=O)C1CC1(c1c(OC)cc(C)c2c1ccn2C(=O)OC(C)(C)C)c1nc2ccc(C#N)cc2n1COCC[Si](C)(C)C. The van der Waals surface area contributed by atoms with Crippen molar-refractivity contribution < 1.29 is 28.5 Å². The quantitative estimate of drug-likeness (QED) is 0.113. The second-order valence-electron chi connectivity index (χ2n) is 14.0. The zero-order valence-electron chi connectivity index (χ0n) is 27.6. The fourth-order valence-corrected chi connectivity index (χ4v) is 6.87. The van der Waals surface area contributed by atoms with Gasteiger partial charge in [0.25, 0.3) is 0 Å². The Bertz CT molecular complexity index is 1840. The number of esters is 1. The van der Waals surface area contributed by atoms with E-state index in [0.717, 1.165) is 28.1 Å². The zero-order valence-corrected chi connectivity index (χ0v) is 28.6. The first kappa shape index (κ1) is 32.3. The molecule has 1 saturated carbocycles. The summed E-state index contributed by atoms with van der Waals surface area (Å²) >= 11 is 0. The summed E-state index contributed by atoms with van der Waals surface area (Å²) in [6.07, 6.45) is 1.60. The summed E-state index contributed by atoms with van der Waals surface area (Å²) in [6.45, 7) is 15.1. The van der Waals surface area contributed by atoms with E-state index in [-0.39, 0.29) is 12.7 Å². The van der Waals surface area contributed by atoms with Crippen LogP contribution in [0.3, 0.4) is 0 Å². The van der Waals surface area contributed by atoms with Gasteiger partial charge in [-0.2, -0.15) is 5.26 Å². The van der Waals surface area contributed by atoms with Gasteiger partial charge < -0.3 is 23.5 Å². The van der Waals surface area contributed by atoms with Crippen LogP contribution in [0, 0.1) is 24.2 Å². The van der Waals surface area contributed by atoms with Crippen molar-refractivity contribution in [1.82, 2.24) is 14.1 Å². The molecule has 1 fully saturated rings. The number of methoxy groups -OCH3 is 2. The summed E-state index contributed by atoms with van der Waals surface area (Å²) < 4.78 is 26.8. The van der Waals surface area contributed by atoms with Crippen LogP contribution >= 0.6 is 0 Å². The molecule has 238 valence electrons. The minimum absolute atomic E-state index is 0.192. The number of nitriles is 1. The molecule has 0 N–H and O–H groups in total. The Labute approximate surface area is 264 Å². The Hall–Kier alpha value is -4.14. The lowest BCUT2D eigenvalue weighted by Gasteiger charge is -2.24. The predicted octanol–water partition coefficient (Wildman–Crippen LogP) is 6.75. The number of hydrogen-bond donors (Lipinski definition) is 0. The molecule has 0 spiro atoms. The van der Waals surface area contributed by atoms with Crippen LogP contribution in [-0.4, -0.2) is 60.7 Å². The lowest BCUT2D eigenvalue weighted by atomic mass is 9.87. The molecular formula is C34H42N4O6Si. The molecule has 5 rings (SSSR count). The number of carbonyl (C=O) groups is 2. The fourth-order valence-electron chi connectivity index (χ4n) is 6.11. The summed E-state index contributed by atoms with van der Waals surface area (Å²) in [5.74, 6) is 0.252. The number of nitrogens with zero attached hydrogens (tertiary/aromatic N) is 4. The van der Waals surface area contributed by atoms with Gasteiger partial charge in [-0.05, 0) is 76.1 Å². The molecule has 0 radical (unpaired) electrons. The number of hydrogen-bond acceptors (Lipinski definition) is 8. The maximum atomic E-state index is 13.4. The number of benzene rings is 2. The highest BCUT2D eigenvalue weighted by Gasteiger charge is 2.65. The molecule has 0 aliphatic heterocycles. The first-order valence-electron chi connectivity index (χ1n) is 15.1. The molecule has 0 bridgehead atoms. The molecule has 2 aromatic heterocycles. The summed E-state index contributed by atoms with van der Waals surface area (Å²) in [4.78, 5) is 31.8. The highest BCUT2D eigenvalue weighted by Crippen LogP contribution is 2.63. The van der Waals surface area contributed by atoms with Crippen LogP contribution < -0.4 is 4.74 Å². The molecule has 11 heteroatoms. The van der Waals surface area contributed by atoms with Crippen molar-refractivity contribution in [2.45, 2.75) is 77.5 Å². The average Bonchev–Trinajstić information content (AvgIpc) is 3.35. The van der Waals surface area contributed by atoms with E-state index in [2.05, 4.69) is 25.7 Å². The van der Waals surface area contributed by atoms with E-state index >= 15 is 0 Å². The van der Waals surface area contributed by atoms with Crippen molar-refractivity contribution in [3.8, 4) is 11.8 Å². The van der Waals surface area contributed by atoms with Crippen LogP contribution in [-0.2, 0) is 31.2 Å². The molecule has 2 atom stereocenters. The fraction of sp³-hybridized carbons (Fsp3) is 0.471. The Morgan fingerprint density at radius 1 is 1.16 bits per heavy atom. The molecule has 2 heterocycles. The maximum Gasteiger partial charge on any atom is 0.419 e. The Kier molecular flexibility index (Phi) is 8.35. The number of aryl methyl sites for hydroxylation is 1. The molecule has 1 aliphatic rings. The number of aromatic nitrogens is 3. The van der Waals surface area contributed by atoms with E-state index < -0.39 is 31.1 Å². The van der Waals surface area contributed by atoms with Crippen LogP contribution in [0.15, 0.2) is 36.5 Å². The van der Waals surface area contributed by atoms with Gasteiger partial charge in [-0.1, -0.05) is 19.6 Å². The first-order chi connectivity index (χ1) is 21.1. The first-order valence-corrected chi connectivity index (χ1v) is 18.8. The molecule has 0 saturated heterocycles. The van der Waals surface area contributed by atoms with Crippen molar-refractivity contribution in [3.05, 3.63) is 59.0 Å². The molecule has 0 amide bonds. The summed E-state index contributed by atoms with van der Waals surface area (Å²) in [6, 6.07) is 12.3. The minimum atomic E-state index is -1.35. The zero-order chi connectivity index (χ0) is 32.9. The van der Waals surface area contributed by atoms with Crippen molar-refractivity contribution in [3.63, 3.8) is 0 Å². The van der Waals surface area contributed by atoms with Crippen LogP contribution in [0.5, 0.6) is 5.75 Å². The van der Waals surface area contributed by atoms with Crippen molar-refractivity contribution in [2.24, 2.45) is 5.92 Å². The summed E-state index contributed by atoms with van der Waals surface area (Å²) in [5.41, 5.74) is 2.48. The second kappa shape index (κ2) is 11.7. The molecule has 2 aromatic carbocycles. The number of imidazole rings is 1. The molecule has 2 unspecified atom stereocenters. The number of ether oxygens (including phenoxy) is 4. The van der Waals surface area contributed by atoms with Gasteiger partial charge in [0.2, 0.25) is 0 Å². The van der Waals surface area contributed by atoms with Crippen LogP contribution in [0.2, 0.25) is 25.7 Å². The van der Waals surface area contributed by atoms with Gasteiger partial charge in [-0.3, -0.25) is 9.36 Å². The molecule has 45 heavy (non-hydrogen) atoms. The third-order valence-corrected chi connectivity index (χ3v) is 10.0. The van der Waals surface area contributed by atoms with Crippen LogP contribution in [0.25, 0.3) is 21.9 Å². The van der Waals surface area contributed by atoms with E-state index in [1.807, 2.05) is 50.5 Å². The lowest BCUT2D eigenvalue weighted by molar-refractivity contribution is -0.142. The predicted molar refractivity (Wildman–Crippen MR) is 174 cm³/mol. The normalized spacial score (nSPS) is 18.2. The topological polar surface area (TPSA) is 118 Å². The van der Waals surface area contributed by atoms with Gasteiger partial charge in [0, 0.05) is 31.8 Å². The summed E-state index contributed by atoms with van der Waals surface area (Å²) in [7, 11) is 1.63. The van der Waals surface area contributed by atoms with Gasteiger partial charge in [0.1, 0.15) is 23.9 Å². The third-order valence-electron chi connectivity index (χ3n) is 8.32. The Balaban J connectivity index is 1.77. The monoisotopic (exact) mass is 630 g/mol. The standard InChI is InChI=1S/C34H42N4O6Si/c1-21-16-27(41-5)28(23-12-13-37(29(21)23)32(40)44-33(2,3)4)34(18-24(34)30(39)42-6)31-36-25-11-10-22(19-35)17-26(25)38(31)20-43-14-15-45(7,8)9/h10-13,16-17,24H,14-15,18,20H2,1-9H3. The highest BCUT2D eigenvalue weighted by atomic mass is 28.3. The Morgan fingerprint density at radius 3 is 2.51 bits per heavy atom. The van der Waals surface area contributed by atoms with Crippen LogP contribution in [0.4, 0.5) is 4.79 Å². The van der Waals surface area contributed by atoms with E-state index in [9.17, 15) is 14.9 Å². The number of carbonyl (C=O) groups excluding carboxylic acids is 2. The molecule has 10 nitrogen and oxygen atoms in total. The number of fused-ring (bicyclic) bond motifs is 2. The van der Waals surface area contributed by atoms with Gasteiger partial charge in [-0.25, -0.2) is 9.78 Å². The highest BCUT2D eigenvalue weighted by molar-refractivity contribution is 6.76.